The third kappa shape index (κ3) is 4.75. The van der Waals surface area contributed by atoms with Gasteiger partial charge in [-0.05, 0) is 18.8 Å². The lowest BCUT2D eigenvalue weighted by Gasteiger charge is -2.07. The number of carbonyl (C=O) groups is 1. The molecule has 0 aliphatic rings. The number of amides is 1. The molecule has 4 nitrogen and oxygen atoms in total. The Labute approximate surface area is 106 Å². The Morgan fingerprint density at radius 1 is 1.65 bits per heavy atom. The molecule has 0 saturated carbocycles. The highest BCUT2D eigenvalue weighted by atomic mass is 32.1. The molecule has 0 spiro atoms. The SMILES string of the molecule is COc1csc(C(=O)NCCCC(C)CO)c1. The third-order valence-corrected chi connectivity index (χ3v) is 3.41. The standard InChI is InChI=1S/C12H19NO3S/c1-9(7-14)4-3-5-13-12(15)11-6-10(16-2)8-17-11/h6,8-9,14H,3-5,7H2,1-2H3,(H,13,15). The van der Waals surface area contributed by atoms with Gasteiger partial charge in [0.05, 0.1) is 12.0 Å². The Kier molecular flexibility index (Phi) is 6.00. The number of aliphatic hydroxyl groups is 1. The molecule has 0 aromatic carbocycles. The van der Waals surface area contributed by atoms with Crippen molar-refractivity contribution in [3.63, 3.8) is 0 Å². The minimum Gasteiger partial charge on any atom is -0.496 e. The summed E-state index contributed by atoms with van der Waals surface area (Å²) in [6.45, 7) is 2.84. The number of rotatable bonds is 7. The monoisotopic (exact) mass is 257 g/mol. The number of carbonyl (C=O) groups excluding carboxylic acids is 1. The van der Waals surface area contributed by atoms with Crippen molar-refractivity contribution >= 4 is 17.2 Å². The summed E-state index contributed by atoms with van der Waals surface area (Å²) < 4.78 is 5.02. The maximum Gasteiger partial charge on any atom is 0.261 e. The fourth-order valence-electron chi connectivity index (χ4n) is 1.38. The fourth-order valence-corrected chi connectivity index (χ4v) is 2.15. The second-order valence-corrected chi connectivity index (χ2v) is 4.95. The fraction of sp³-hybridized carbons (Fsp3) is 0.583. The molecule has 0 radical (unpaired) electrons. The van der Waals surface area contributed by atoms with E-state index in [1.54, 1.807) is 13.2 Å². The lowest BCUT2D eigenvalue weighted by molar-refractivity contribution is 0.0956. The molecule has 96 valence electrons. The molecule has 5 heteroatoms. The van der Waals surface area contributed by atoms with Crippen LogP contribution in [0.15, 0.2) is 11.4 Å². The van der Waals surface area contributed by atoms with E-state index in [1.165, 1.54) is 11.3 Å². The second-order valence-electron chi connectivity index (χ2n) is 4.04. The summed E-state index contributed by atoms with van der Waals surface area (Å²) in [5.41, 5.74) is 0. The average molecular weight is 257 g/mol. The van der Waals surface area contributed by atoms with E-state index in [1.807, 2.05) is 12.3 Å². The van der Waals surface area contributed by atoms with Crippen LogP contribution < -0.4 is 10.1 Å². The molecule has 1 amide bonds. The zero-order valence-corrected chi connectivity index (χ0v) is 11.0. The van der Waals surface area contributed by atoms with Gasteiger partial charge in [0.1, 0.15) is 5.75 Å². The molecule has 1 aromatic heterocycles. The average Bonchev–Trinajstić information content (AvgIpc) is 2.82. The number of hydrogen-bond donors (Lipinski definition) is 2. The van der Waals surface area contributed by atoms with Crippen LogP contribution in [0.25, 0.3) is 0 Å². The number of nitrogens with one attached hydrogen (secondary N) is 1. The first-order valence-electron chi connectivity index (χ1n) is 5.69. The van der Waals surface area contributed by atoms with Gasteiger partial charge in [-0.1, -0.05) is 6.92 Å². The molecule has 0 aliphatic heterocycles. The molecule has 1 unspecified atom stereocenters. The summed E-state index contributed by atoms with van der Waals surface area (Å²) >= 11 is 1.37. The topological polar surface area (TPSA) is 58.6 Å². The summed E-state index contributed by atoms with van der Waals surface area (Å²) in [5, 5.41) is 13.5. The van der Waals surface area contributed by atoms with Crippen molar-refractivity contribution in [2.45, 2.75) is 19.8 Å². The van der Waals surface area contributed by atoms with E-state index in [9.17, 15) is 4.79 Å². The van der Waals surface area contributed by atoms with Gasteiger partial charge in [-0.25, -0.2) is 0 Å². The van der Waals surface area contributed by atoms with Crippen LogP contribution in [0.3, 0.4) is 0 Å². The maximum absolute atomic E-state index is 11.7. The van der Waals surface area contributed by atoms with Crippen molar-refractivity contribution in [3.05, 3.63) is 16.3 Å². The van der Waals surface area contributed by atoms with Crippen LogP contribution in [0.4, 0.5) is 0 Å². The van der Waals surface area contributed by atoms with Gasteiger partial charge in [0.15, 0.2) is 0 Å². The second kappa shape index (κ2) is 7.29. The van der Waals surface area contributed by atoms with Gasteiger partial charge in [-0.3, -0.25) is 4.79 Å². The van der Waals surface area contributed by atoms with Crippen molar-refractivity contribution in [1.29, 1.82) is 0 Å². The van der Waals surface area contributed by atoms with Crippen molar-refractivity contribution in [3.8, 4) is 5.75 Å². The normalized spacial score (nSPS) is 12.2. The van der Waals surface area contributed by atoms with E-state index in [-0.39, 0.29) is 12.5 Å². The first kappa shape index (κ1) is 14.0. The van der Waals surface area contributed by atoms with Crippen molar-refractivity contribution < 1.29 is 14.6 Å². The van der Waals surface area contributed by atoms with Crippen LogP contribution >= 0.6 is 11.3 Å². The van der Waals surface area contributed by atoms with Gasteiger partial charge in [0, 0.05) is 24.6 Å². The number of ether oxygens (including phenoxy) is 1. The molecule has 1 aromatic rings. The molecule has 0 fully saturated rings. The minimum atomic E-state index is -0.0602. The summed E-state index contributed by atoms with van der Waals surface area (Å²) in [7, 11) is 1.58. The van der Waals surface area contributed by atoms with Gasteiger partial charge in [-0.2, -0.15) is 0 Å². The number of aliphatic hydroxyl groups excluding tert-OH is 1. The quantitative estimate of drug-likeness (QED) is 0.733. The van der Waals surface area contributed by atoms with Crippen molar-refractivity contribution in [2.75, 3.05) is 20.3 Å². The Balaban J connectivity index is 2.25. The molecule has 17 heavy (non-hydrogen) atoms. The summed E-state index contributed by atoms with van der Waals surface area (Å²) in [6.07, 6.45) is 1.81. The van der Waals surface area contributed by atoms with Gasteiger partial charge in [0.25, 0.3) is 5.91 Å². The highest BCUT2D eigenvalue weighted by molar-refractivity contribution is 7.12. The summed E-state index contributed by atoms with van der Waals surface area (Å²) in [4.78, 5) is 12.3. The predicted octanol–water partition coefficient (Wildman–Crippen LogP) is 1.90. The largest absolute Gasteiger partial charge is 0.496 e. The van der Waals surface area contributed by atoms with Crippen LogP contribution in [0, 0.1) is 5.92 Å². The highest BCUT2D eigenvalue weighted by Crippen LogP contribution is 2.20. The van der Waals surface area contributed by atoms with E-state index in [0.717, 1.165) is 12.8 Å². The lowest BCUT2D eigenvalue weighted by atomic mass is 10.1. The first-order valence-corrected chi connectivity index (χ1v) is 6.57. The first-order chi connectivity index (χ1) is 8.17. The predicted molar refractivity (Wildman–Crippen MR) is 68.7 cm³/mol. The van der Waals surface area contributed by atoms with Crippen LogP contribution in [0.2, 0.25) is 0 Å². The van der Waals surface area contributed by atoms with E-state index in [2.05, 4.69) is 5.32 Å². The molecule has 1 atom stereocenters. The van der Waals surface area contributed by atoms with Gasteiger partial charge < -0.3 is 15.2 Å². The Morgan fingerprint density at radius 3 is 3.00 bits per heavy atom. The highest BCUT2D eigenvalue weighted by Gasteiger charge is 2.08. The molecular formula is C12H19NO3S. The van der Waals surface area contributed by atoms with Crippen LogP contribution in [-0.4, -0.2) is 31.3 Å². The molecule has 0 saturated heterocycles. The number of thiophene rings is 1. The van der Waals surface area contributed by atoms with Gasteiger partial charge >= 0.3 is 0 Å². The summed E-state index contributed by atoms with van der Waals surface area (Å²) in [6, 6.07) is 1.73. The van der Waals surface area contributed by atoms with Gasteiger partial charge in [-0.15, -0.1) is 11.3 Å². The van der Waals surface area contributed by atoms with Crippen LogP contribution in [-0.2, 0) is 0 Å². The molecule has 1 rings (SSSR count). The molecular weight excluding hydrogens is 238 g/mol. The smallest absolute Gasteiger partial charge is 0.261 e. The number of hydrogen-bond acceptors (Lipinski definition) is 4. The van der Waals surface area contributed by atoms with Crippen molar-refractivity contribution in [1.82, 2.24) is 5.32 Å². The van der Waals surface area contributed by atoms with E-state index in [0.29, 0.717) is 23.1 Å². The molecule has 0 bridgehead atoms. The molecule has 2 N–H and O–H groups in total. The zero-order chi connectivity index (χ0) is 12.7. The maximum atomic E-state index is 11.7. The zero-order valence-electron chi connectivity index (χ0n) is 10.2. The van der Waals surface area contributed by atoms with Crippen LogP contribution in [0.5, 0.6) is 5.75 Å². The van der Waals surface area contributed by atoms with E-state index in [4.69, 9.17) is 9.84 Å². The third-order valence-electron chi connectivity index (χ3n) is 2.51. The van der Waals surface area contributed by atoms with Crippen molar-refractivity contribution in [2.24, 2.45) is 5.92 Å². The molecule has 1 heterocycles. The molecule has 0 aliphatic carbocycles. The summed E-state index contributed by atoms with van der Waals surface area (Å²) in [5.74, 6) is 0.956. The number of methoxy groups -OCH3 is 1. The lowest BCUT2D eigenvalue weighted by Crippen LogP contribution is -2.24. The van der Waals surface area contributed by atoms with Gasteiger partial charge in [0.2, 0.25) is 0 Å². The van der Waals surface area contributed by atoms with E-state index >= 15 is 0 Å². The Hall–Kier alpha value is -1.07. The van der Waals surface area contributed by atoms with Crippen LogP contribution in [0.1, 0.15) is 29.4 Å². The Morgan fingerprint density at radius 2 is 2.41 bits per heavy atom. The minimum absolute atomic E-state index is 0.0602. The van der Waals surface area contributed by atoms with E-state index < -0.39 is 0 Å². The Bertz CT molecular complexity index is 351.